The molecule has 0 spiro atoms. The molecule has 2 aromatic carbocycles. The normalized spacial score (nSPS) is 13.1. The zero-order valence-electron chi connectivity index (χ0n) is 13.2. The highest BCUT2D eigenvalue weighted by Crippen LogP contribution is 2.37. The van der Waals surface area contributed by atoms with Crippen LogP contribution in [0.1, 0.15) is 20.7 Å². The molecule has 0 radical (unpaired) electrons. The van der Waals surface area contributed by atoms with Crippen LogP contribution in [-0.4, -0.2) is 18.7 Å². The van der Waals surface area contributed by atoms with Crippen LogP contribution in [0.5, 0.6) is 5.75 Å². The molecule has 0 aromatic heterocycles. The van der Waals surface area contributed by atoms with Crippen molar-refractivity contribution in [2.75, 3.05) is 12.8 Å². The summed E-state index contributed by atoms with van der Waals surface area (Å²) < 4.78 is 5.11. The minimum Gasteiger partial charge on any atom is -0.497 e. The number of carbonyl (C=O) groups is 2. The Morgan fingerprint density at radius 3 is 1.96 bits per heavy atom. The molecule has 6 nitrogen and oxygen atoms in total. The van der Waals surface area contributed by atoms with Gasteiger partial charge in [-0.2, -0.15) is 10.5 Å². The molecule has 6 heteroatoms. The quantitative estimate of drug-likeness (QED) is 0.846. The SMILES string of the molecule is COc1ccc(-c2ccc(N)c3c2C(=O)C(C#N)=C(C#N)C3=O)cc1. The molecule has 2 aromatic rings. The second-order valence-corrected chi connectivity index (χ2v) is 5.31. The van der Waals surface area contributed by atoms with E-state index in [4.69, 9.17) is 15.7 Å². The number of anilines is 1. The molecule has 0 atom stereocenters. The van der Waals surface area contributed by atoms with Crippen LogP contribution in [0.25, 0.3) is 11.1 Å². The van der Waals surface area contributed by atoms with Gasteiger partial charge in [-0.3, -0.25) is 9.59 Å². The summed E-state index contributed by atoms with van der Waals surface area (Å²) in [7, 11) is 1.54. The number of nitrogen functional groups attached to an aromatic ring is 1. The summed E-state index contributed by atoms with van der Waals surface area (Å²) in [6, 6.07) is 13.3. The average Bonchev–Trinajstić information content (AvgIpc) is 2.64. The Morgan fingerprint density at radius 1 is 0.880 bits per heavy atom. The van der Waals surface area contributed by atoms with Gasteiger partial charge in [0.25, 0.3) is 0 Å². The lowest BCUT2D eigenvalue weighted by Crippen LogP contribution is -2.23. The van der Waals surface area contributed by atoms with Gasteiger partial charge >= 0.3 is 0 Å². The van der Waals surface area contributed by atoms with Gasteiger partial charge in [0.2, 0.25) is 11.6 Å². The van der Waals surface area contributed by atoms with Crippen LogP contribution in [0.4, 0.5) is 5.69 Å². The van der Waals surface area contributed by atoms with E-state index in [0.717, 1.165) is 0 Å². The highest BCUT2D eigenvalue weighted by molar-refractivity contribution is 6.33. The van der Waals surface area contributed by atoms with E-state index in [2.05, 4.69) is 0 Å². The first-order chi connectivity index (χ1) is 12.0. The first kappa shape index (κ1) is 16.0. The molecule has 0 fully saturated rings. The van der Waals surface area contributed by atoms with Gasteiger partial charge in [0.05, 0.1) is 12.7 Å². The lowest BCUT2D eigenvalue weighted by Gasteiger charge is -2.19. The third kappa shape index (κ3) is 2.34. The van der Waals surface area contributed by atoms with Crippen LogP contribution in [-0.2, 0) is 0 Å². The number of fused-ring (bicyclic) bond motifs is 1. The largest absolute Gasteiger partial charge is 0.497 e. The number of benzene rings is 2. The molecule has 0 bridgehead atoms. The van der Waals surface area contributed by atoms with E-state index >= 15 is 0 Å². The number of methoxy groups -OCH3 is 1. The van der Waals surface area contributed by atoms with Gasteiger partial charge in [-0.05, 0) is 29.3 Å². The maximum atomic E-state index is 12.8. The Balaban J connectivity index is 2.31. The fraction of sp³-hybridized carbons (Fsp3) is 0.0526. The Kier molecular flexibility index (Phi) is 3.80. The molecular weight excluding hydrogens is 318 g/mol. The van der Waals surface area contributed by atoms with Crippen LogP contribution in [0.2, 0.25) is 0 Å². The van der Waals surface area contributed by atoms with Crippen molar-refractivity contribution in [1.82, 2.24) is 0 Å². The van der Waals surface area contributed by atoms with E-state index < -0.39 is 22.7 Å². The first-order valence-electron chi connectivity index (χ1n) is 7.24. The summed E-state index contributed by atoms with van der Waals surface area (Å²) in [6.45, 7) is 0. The molecule has 0 saturated carbocycles. The Hall–Kier alpha value is -3.90. The van der Waals surface area contributed by atoms with Gasteiger partial charge in [-0.1, -0.05) is 18.2 Å². The Labute approximate surface area is 143 Å². The number of nitrogens with zero attached hydrogens (tertiary/aromatic N) is 2. The molecule has 1 aliphatic carbocycles. The smallest absolute Gasteiger partial charge is 0.207 e. The third-order valence-corrected chi connectivity index (χ3v) is 4.02. The molecule has 120 valence electrons. The molecule has 3 rings (SSSR count). The molecule has 1 aliphatic rings. The van der Waals surface area contributed by atoms with Crippen molar-refractivity contribution in [3.63, 3.8) is 0 Å². The van der Waals surface area contributed by atoms with Gasteiger partial charge in [-0.15, -0.1) is 0 Å². The van der Waals surface area contributed by atoms with Crippen molar-refractivity contribution in [3.8, 4) is 29.0 Å². The van der Waals surface area contributed by atoms with Crippen LogP contribution < -0.4 is 10.5 Å². The van der Waals surface area contributed by atoms with Crippen molar-refractivity contribution in [3.05, 3.63) is 58.7 Å². The van der Waals surface area contributed by atoms with Crippen molar-refractivity contribution < 1.29 is 14.3 Å². The van der Waals surface area contributed by atoms with E-state index in [1.807, 2.05) is 0 Å². The summed E-state index contributed by atoms with van der Waals surface area (Å²) in [5, 5.41) is 18.4. The third-order valence-electron chi connectivity index (χ3n) is 4.02. The summed E-state index contributed by atoms with van der Waals surface area (Å²) in [5.41, 5.74) is 6.19. The van der Waals surface area contributed by atoms with Crippen LogP contribution in [0.15, 0.2) is 47.5 Å². The average molecular weight is 329 g/mol. The maximum Gasteiger partial charge on any atom is 0.207 e. The lowest BCUT2D eigenvalue weighted by molar-refractivity contribution is 0.0983. The molecule has 2 N–H and O–H groups in total. The molecular formula is C19H11N3O3. The maximum absolute atomic E-state index is 12.8. The van der Waals surface area contributed by atoms with E-state index in [1.165, 1.54) is 13.2 Å². The molecule has 0 aliphatic heterocycles. The number of hydrogen-bond donors (Lipinski definition) is 1. The van der Waals surface area contributed by atoms with Crippen LogP contribution >= 0.6 is 0 Å². The predicted molar refractivity (Wildman–Crippen MR) is 89.8 cm³/mol. The Bertz CT molecular complexity index is 1040. The summed E-state index contributed by atoms with van der Waals surface area (Å²) in [4.78, 5) is 25.4. The summed E-state index contributed by atoms with van der Waals surface area (Å²) in [5.74, 6) is -0.742. The second-order valence-electron chi connectivity index (χ2n) is 5.31. The number of hydrogen-bond acceptors (Lipinski definition) is 6. The van der Waals surface area contributed by atoms with E-state index in [9.17, 15) is 14.9 Å². The molecule has 25 heavy (non-hydrogen) atoms. The lowest BCUT2D eigenvalue weighted by atomic mass is 9.80. The topological polar surface area (TPSA) is 117 Å². The fourth-order valence-corrected chi connectivity index (χ4v) is 2.80. The van der Waals surface area contributed by atoms with Crippen molar-refractivity contribution in [1.29, 1.82) is 10.5 Å². The number of ether oxygens (including phenoxy) is 1. The minimum atomic E-state index is -0.707. The molecule has 0 saturated heterocycles. The summed E-state index contributed by atoms with van der Waals surface area (Å²) >= 11 is 0. The number of carbonyl (C=O) groups excluding carboxylic acids is 2. The molecule has 0 amide bonds. The number of rotatable bonds is 2. The van der Waals surface area contributed by atoms with Gasteiger partial charge < -0.3 is 10.5 Å². The zero-order valence-corrected chi connectivity index (χ0v) is 13.2. The number of allylic oxidation sites excluding steroid dienone is 2. The number of Topliss-reactive ketones (excluding diaryl/α,β-unsaturated/α-hetero) is 2. The van der Waals surface area contributed by atoms with Gasteiger partial charge in [0.15, 0.2) is 0 Å². The Morgan fingerprint density at radius 2 is 1.44 bits per heavy atom. The number of ketones is 2. The highest BCUT2D eigenvalue weighted by atomic mass is 16.5. The standard InChI is InChI=1S/C19H11N3O3/c1-25-11-4-2-10(3-5-11)12-6-7-15(22)17-16(12)18(23)13(8-20)14(9-21)19(17)24/h2-7H,22H2,1H3. The second kappa shape index (κ2) is 5.95. The first-order valence-corrected chi connectivity index (χ1v) is 7.24. The van der Waals surface area contributed by atoms with E-state index in [0.29, 0.717) is 16.9 Å². The highest BCUT2D eigenvalue weighted by Gasteiger charge is 2.36. The van der Waals surface area contributed by atoms with Gasteiger partial charge in [0, 0.05) is 11.3 Å². The predicted octanol–water partition coefficient (Wildman–Crippen LogP) is 2.67. The van der Waals surface area contributed by atoms with Crippen LogP contribution in [0, 0.1) is 22.7 Å². The number of nitriles is 2. The number of nitrogens with two attached hydrogens (primary N) is 1. The molecule has 0 unspecified atom stereocenters. The van der Waals surface area contributed by atoms with Crippen molar-refractivity contribution in [2.45, 2.75) is 0 Å². The van der Waals surface area contributed by atoms with Gasteiger partial charge in [-0.25, -0.2) is 0 Å². The van der Waals surface area contributed by atoms with Crippen LogP contribution in [0.3, 0.4) is 0 Å². The van der Waals surface area contributed by atoms with Crippen molar-refractivity contribution >= 4 is 17.3 Å². The van der Waals surface area contributed by atoms with Gasteiger partial charge in [0.1, 0.15) is 29.0 Å². The minimum absolute atomic E-state index is 0.0335. The van der Waals surface area contributed by atoms with E-state index in [-0.39, 0.29) is 16.8 Å². The van der Waals surface area contributed by atoms with Crippen molar-refractivity contribution in [2.24, 2.45) is 0 Å². The summed E-state index contributed by atoms with van der Waals surface area (Å²) in [6.07, 6.45) is 0. The zero-order chi connectivity index (χ0) is 18.1. The molecule has 0 heterocycles. The fourth-order valence-electron chi connectivity index (χ4n) is 2.80. The monoisotopic (exact) mass is 329 g/mol. The van der Waals surface area contributed by atoms with E-state index in [1.54, 1.807) is 42.5 Å².